The van der Waals surface area contributed by atoms with Crippen LogP contribution in [0.15, 0.2) is 79.5 Å². The summed E-state index contributed by atoms with van der Waals surface area (Å²) in [6.07, 6.45) is 7.29. The number of aromatic amines is 1. The van der Waals surface area contributed by atoms with Crippen LogP contribution < -0.4 is 9.64 Å². The van der Waals surface area contributed by atoms with Crippen molar-refractivity contribution in [2.45, 2.75) is 12.5 Å². The van der Waals surface area contributed by atoms with Gasteiger partial charge in [0.1, 0.15) is 17.6 Å². The van der Waals surface area contributed by atoms with Crippen molar-refractivity contribution in [3.8, 4) is 17.6 Å². The standard InChI is InChI=1S/C27H23ClN6O2.2ClH/c28-21-3-1-4-22(13-21)34-10-9-33(17-27(34)35)25(24-16-31-18-32-24)11-19-6-7-20(14-29)26(12-19)36-23-5-2-8-30-15-23;;/h1-8,12-13,15-16,18,25H,9-11,17H2,(H,31,32);2*1H. The second-order valence-electron chi connectivity index (χ2n) is 8.46. The van der Waals surface area contributed by atoms with E-state index >= 15 is 0 Å². The minimum atomic E-state index is -0.114. The maximum atomic E-state index is 13.1. The molecule has 1 fully saturated rings. The molecular weight excluding hydrogens is 547 g/mol. The van der Waals surface area contributed by atoms with Crippen molar-refractivity contribution in [2.24, 2.45) is 0 Å². The number of benzene rings is 2. The van der Waals surface area contributed by atoms with Gasteiger partial charge >= 0.3 is 0 Å². The van der Waals surface area contributed by atoms with Crippen LogP contribution >= 0.6 is 36.4 Å². The molecule has 2 aromatic heterocycles. The molecule has 1 aliphatic rings. The summed E-state index contributed by atoms with van der Waals surface area (Å²) in [7, 11) is 0. The maximum absolute atomic E-state index is 13.1. The fourth-order valence-electron chi connectivity index (χ4n) is 4.39. The molecule has 1 saturated heterocycles. The van der Waals surface area contributed by atoms with Gasteiger partial charge in [-0.25, -0.2) is 4.98 Å². The Labute approximate surface area is 238 Å². The van der Waals surface area contributed by atoms with Crippen LogP contribution in [-0.4, -0.2) is 45.4 Å². The molecule has 3 heterocycles. The lowest BCUT2D eigenvalue weighted by Crippen LogP contribution is -2.51. The average Bonchev–Trinajstić information content (AvgIpc) is 3.43. The van der Waals surface area contributed by atoms with Crippen LogP contribution in [0.25, 0.3) is 0 Å². The zero-order chi connectivity index (χ0) is 24.9. The summed E-state index contributed by atoms with van der Waals surface area (Å²) in [6.45, 7) is 1.48. The van der Waals surface area contributed by atoms with E-state index in [1.165, 1.54) is 0 Å². The number of piperazine rings is 1. The van der Waals surface area contributed by atoms with Gasteiger partial charge in [0.15, 0.2) is 0 Å². The third kappa shape index (κ3) is 6.63. The predicted octanol–water partition coefficient (Wildman–Crippen LogP) is 5.60. The van der Waals surface area contributed by atoms with Crippen LogP contribution in [0.5, 0.6) is 11.5 Å². The molecule has 1 unspecified atom stereocenters. The van der Waals surface area contributed by atoms with Gasteiger partial charge in [-0.3, -0.25) is 14.7 Å². The number of imidazole rings is 1. The smallest absolute Gasteiger partial charge is 0.241 e. The molecule has 0 radical (unpaired) electrons. The fraction of sp³-hybridized carbons (Fsp3) is 0.185. The highest BCUT2D eigenvalue weighted by Gasteiger charge is 2.31. The molecule has 0 bridgehead atoms. The maximum Gasteiger partial charge on any atom is 0.241 e. The molecule has 38 heavy (non-hydrogen) atoms. The third-order valence-corrected chi connectivity index (χ3v) is 6.38. The van der Waals surface area contributed by atoms with Gasteiger partial charge < -0.3 is 14.6 Å². The second kappa shape index (κ2) is 13.3. The molecule has 8 nitrogen and oxygen atoms in total. The monoisotopic (exact) mass is 570 g/mol. The molecule has 1 atom stereocenters. The van der Waals surface area contributed by atoms with E-state index in [-0.39, 0.29) is 43.3 Å². The highest BCUT2D eigenvalue weighted by atomic mass is 35.5. The Kier molecular flexibility index (Phi) is 10.1. The number of halogens is 3. The van der Waals surface area contributed by atoms with Crippen molar-refractivity contribution >= 4 is 48.0 Å². The summed E-state index contributed by atoms with van der Waals surface area (Å²) in [5.74, 6) is 1.03. The van der Waals surface area contributed by atoms with Crippen molar-refractivity contribution in [1.29, 1.82) is 5.26 Å². The van der Waals surface area contributed by atoms with Crippen molar-refractivity contribution < 1.29 is 9.53 Å². The Hall–Kier alpha value is -3.61. The molecule has 4 aromatic rings. The van der Waals surface area contributed by atoms with E-state index in [4.69, 9.17) is 16.3 Å². The van der Waals surface area contributed by atoms with Crippen molar-refractivity contribution in [3.05, 3.63) is 101 Å². The average molecular weight is 572 g/mol. The Bertz CT molecular complexity index is 1400. The van der Waals surface area contributed by atoms with Crippen LogP contribution in [0.4, 0.5) is 5.69 Å². The summed E-state index contributed by atoms with van der Waals surface area (Å²) >= 11 is 6.14. The normalized spacial score (nSPS) is 14.1. The first-order valence-corrected chi connectivity index (χ1v) is 11.9. The molecule has 2 aromatic carbocycles. The number of nitriles is 1. The number of H-pyrrole nitrogens is 1. The number of carbonyl (C=O) groups excluding carboxylic acids is 1. The largest absolute Gasteiger partial charge is 0.454 e. The SMILES string of the molecule is Cl.Cl.N#Cc1ccc(CC(c2cnc[nH]2)N2CCN(c3cccc(Cl)c3)C(=O)C2)cc1Oc1cccnc1. The van der Waals surface area contributed by atoms with Crippen molar-refractivity contribution in [2.75, 3.05) is 24.5 Å². The first-order chi connectivity index (χ1) is 17.6. The van der Waals surface area contributed by atoms with Crippen LogP contribution in [0.2, 0.25) is 5.02 Å². The van der Waals surface area contributed by atoms with E-state index < -0.39 is 0 Å². The van der Waals surface area contributed by atoms with E-state index in [1.807, 2.05) is 30.3 Å². The second-order valence-corrected chi connectivity index (χ2v) is 8.89. The summed E-state index contributed by atoms with van der Waals surface area (Å²) in [6, 6.07) is 18.5. The number of anilines is 1. The van der Waals surface area contributed by atoms with Gasteiger partial charge in [-0.2, -0.15) is 5.26 Å². The summed E-state index contributed by atoms with van der Waals surface area (Å²) in [4.78, 5) is 28.5. The number of hydrogen-bond donors (Lipinski definition) is 1. The number of carbonyl (C=O) groups is 1. The summed E-state index contributed by atoms with van der Waals surface area (Å²) in [5, 5.41) is 10.2. The molecule has 5 rings (SSSR count). The van der Waals surface area contributed by atoms with Gasteiger partial charge in [-0.15, -0.1) is 24.8 Å². The van der Waals surface area contributed by atoms with Crippen molar-refractivity contribution in [3.63, 3.8) is 0 Å². The first kappa shape index (κ1) is 29.0. The van der Waals surface area contributed by atoms with Crippen molar-refractivity contribution in [1.82, 2.24) is 19.9 Å². The van der Waals surface area contributed by atoms with E-state index in [2.05, 4.69) is 25.9 Å². The molecule has 1 aliphatic heterocycles. The Morgan fingerprint density at radius 2 is 1.95 bits per heavy atom. The summed E-state index contributed by atoms with van der Waals surface area (Å²) < 4.78 is 5.96. The fourth-order valence-corrected chi connectivity index (χ4v) is 4.57. The van der Waals surface area contributed by atoms with Gasteiger partial charge in [-0.05, 0) is 54.4 Å². The number of pyridine rings is 1. The highest BCUT2D eigenvalue weighted by Crippen LogP contribution is 2.31. The number of nitrogens with one attached hydrogen (secondary N) is 1. The third-order valence-electron chi connectivity index (χ3n) is 6.15. The van der Waals surface area contributed by atoms with E-state index in [0.29, 0.717) is 41.6 Å². The predicted molar refractivity (Wildman–Crippen MR) is 150 cm³/mol. The minimum Gasteiger partial charge on any atom is -0.454 e. The van der Waals surface area contributed by atoms with E-state index in [9.17, 15) is 10.1 Å². The molecule has 196 valence electrons. The highest BCUT2D eigenvalue weighted by molar-refractivity contribution is 6.30. The molecule has 11 heteroatoms. The van der Waals surface area contributed by atoms with E-state index in [0.717, 1.165) is 16.9 Å². The zero-order valence-electron chi connectivity index (χ0n) is 20.2. The van der Waals surface area contributed by atoms with Crippen LogP contribution in [-0.2, 0) is 11.2 Å². The quantitative estimate of drug-likeness (QED) is 0.310. The minimum absolute atomic E-state index is 0. The Balaban J connectivity index is 0.00000200. The lowest BCUT2D eigenvalue weighted by molar-refractivity contribution is -0.122. The zero-order valence-corrected chi connectivity index (χ0v) is 22.5. The topological polar surface area (TPSA) is 98.1 Å². The van der Waals surface area contributed by atoms with Gasteiger partial charge in [0.25, 0.3) is 0 Å². The molecule has 0 saturated carbocycles. The molecule has 0 aliphatic carbocycles. The van der Waals surface area contributed by atoms with E-state index in [1.54, 1.807) is 54.1 Å². The number of aromatic nitrogens is 3. The van der Waals surface area contributed by atoms with Gasteiger partial charge in [-0.1, -0.05) is 23.7 Å². The number of amides is 1. The molecule has 0 spiro atoms. The number of nitrogens with zero attached hydrogens (tertiary/aromatic N) is 5. The lowest BCUT2D eigenvalue weighted by atomic mass is 9.99. The summed E-state index contributed by atoms with van der Waals surface area (Å²) in [5.41, 5.74) is 3.12. The molecule has 1 amide bonds. The van der Waals surface area contributed by atoms with Gasteiger partial charge in [0.2, 0.25) is 5.91 Å². The molecular formula is C27H25Cl3N6O2. The van der Waals surface area contributed by atoms with Gasteiger partial charge in [0.05, 0.1) is 36.4 Å². The Morgan fingerprint density at radius 3 is 2.63 bits per heavy atom. The Morgan fingerprint density at radius 1 is 1.08 bits per heavy atom. The van der Waals surface area contributed by atoms with Gasteiger partial charge in [0, 0.05) is 36.2 Å². The number of hydrogen-bond acceptors (Lipinski definition) is 6. The number of rotatable bonds is 7. The number of ether oxygens (including phenoxy) is 1. The van der Waals surface area contributed by atoms with Crippen LogP contribution in [0, 0.1) is 11.3 Å². The lowest BCUT2D eigenvalue weighted by Gasteiger charge is -2.38. The molecule has 1 N–H and O–H groups in total. The van der Waals surface area contributed by atoms with Crippen LogP contribution in [0.1, 0.15) is 22.9 Å². The first-order valence-electron chi connectivity index (χ1n) is 11.5. The van der Waals surface area contributed by atoms with Crippen LogP contribution in [0.3, 0.4) is 0 Å².